The summed E-state index contributed by atoms with van der Waals surface area (Å²) in [6, 6.07) is 0.119. The van der Waals surface area contributed by atoms with E-state index in [9.17, 15) is 4.79 Å². The van der Waals surface area contributed by atoms with Gasteiger partial charge in [0.25, 0.3) is 5.91 Å². The first-order valence-electron chi connectivity index (χ1n) is 7.66. The molecule has 3 rings (SSSR count). The van der Waals surface area contributed by atoms with E-state index in [1.807, 2.05) is 30.5 Å². The minimum absolute atomic E-state index is 0.0667. The van der Waals surface area contributed by atoms with E-state index in [4.69, 9.17) is 0 Å². The number of carbonyl (C=O) groups is 1. The highest BCUT2D eigenvalue weighted by molar-refractivity contribution is 7.08. The Labute approximate surface area is 134 Å². The van der Waals surface area contributed by atoms with Crippen molar-refractivity contribution in [2.45, 2.75) is 46.1 Å². The predicted molar refractivity (Wildman–Crippen MR) is 85.0 cm³/mol. The van der Waals surface area contributed by atoms with Gasteiger partial charge in [0.2, 0.25) is 0 Å². The number of hydrogen-bond donors (Lipinski definition) is 0. The highest BCUT2D eigenvalue weighted by Crippen LogP contribution is 2.36. The van der Waals surface area contributed by atoms with Gasteiger partial charge >= 0.3 is 0 Å². The maximum absolute atomic E-state index is 12.9. The molecule has 1 amide bonds. The van der Waals surface area contributed by atoms with Crippen LogP contribution in [-0.2, 0) is 13.5 Å². The standard InChI is InChI=1S/C15H21N5OS/c1-5-11-14(22-18-16-11)15(21)20-8-6-7-12(20)13-9(2)17-19(4)10(13)3/h12H,5-8H2,1-4H3/t12-/m1/s1. The molecule has 3 heterocycles. The number of nitrogens with zero attached hydrogens (tertiary/aromatic N) is 5. The number of likely N-dealkylation sites (tertiary alicyclic amines) is 1. The normalized spacial score (nSPS) is 18.2. The number of hydrogen-bond acceptors (Lipinski definition) is 5. The van der Waals surface area contributed by atoms with Crippen LogP contribution in [0, 0.1) is 13.8 Å². The monoisotopic (exact) mass is 319 g/mol. The van der Waals surface area contributed by atoms with Crippen molar-refractivity contribution in [2.24, 2.45) is 7.05 Å². The number of aromatic nitrogens is 4. The highest BCUT2D eigenvalue weighted by Gasteiger charge is 2.35. The van der Waals surface area contributed by atoms with E-state index < -0.39 is 0 Å². The van der Waals surface area contributed by atoms with Gasteiger partial charge in [0, 0.05) is 24.8 Å². The Kier molecular flexibility index (Phi) is 3.99. The fourth-order valence-electron chi connectivity index (χ4n) is 3.31. The van der Waals surface area contributed by atoms with E-state index in [2.05, 4.69) is 21.6 Å². The van der Waals surface area contributed by atoms with E-state index in [0.717, 1.165) is 42.9 Å². The summed E-state index contributed by atoms with van der Waals surface area (Å²) in [4.78, 5) is 15.6. The molecular formula is C15H21N5OS. The average Bonchev–Trinajstić information content (AvgIpc) is 3.19. The van der Waals surface area contributed by atoms with Gasteiger partial charge < -0.3 is 4.90 Å². The van der Waals surface area contributed by atoms with Crippen LogP contribution in [0.4, 0.5) is 0 Å². The molecular weight excluding hydrogens is 298 g/mol. The van der Waals surface area contributed by atoms with Crippen LogP contribution in [0.3, 0.4) is 0 Å². The molecule has 1 aliphatic heterocycles. The lowest BCUT2D eigenvalue weighted by Crippen LogP contribution is -2.31. The highest BCUT2D eigenvalue weighted by atomic mass is 32.1. The molecule has 7 heteroatoms. The van der Waals surface area contributed by atoms with Crippen LogP contribution in [0.5, 0.6) is 0 Å². The topological polar surface area (TPSA) is 63.9 Å². The van der Waals surface area contributed by atoms with E-state index >= 15 is 0 Å². The molecule has 2 aromatic heterocycles. The van der Waals surface area contributed by atoms with Crippen molar-refractivity contribution in [1.82, 2.24) is 24.3 Å². The van der Waals surface area contributed by atoms with Crippen molar-refractivity contribution in [3.8, 4) is 0 Å². The SMILES string of the molecule is CCc1nnsc1C(=O)N1CCC[C@@H]1c1c(C)nn(C)c1C. The van der Waals surface area contributed by atoms with Crippen LogP contribution in [-0.4, -0.2) is 36.7 Å². The fraction of sp³-hybridized carbons (Fsp3) is 0.600. The third kappa shape index (κ3) is 2.33. The van der Waals surface area contributed by atoms with Gasteiger partial charge in [-0.25, -0.2) is 0 Å². The Balaban J connectivity index is 1.95. The van der Waals surface area contributed by atoms with Gasteiger partial charge in [-0.2, -0.15) is 5.10 Å². The van der Waals surface area contributed by atoms with Crippen LogP contribution >= 0.6 is 11.5 Å². The number of amides is 1. The number of rotatable bonds is 3. The molecule has 0 unspecified atom stereocenters. The molecule has 0 aliphatic carbocycles. The minimum atomic E-state index is 0.0667. The van der Waals surface area contributed by atoms with Crippen molar-refractivity contribution in [3.05, 3.63) is 27.5 Å². The third-order valence-corrected chi connectivity index (χ3v) is 5.25. The van der Waals surface area contributed by atoms with Gasteiger partial charge in [0.1, 0.15) is 4.88 Å². The van der Waals surface area contributed by atoms with Gasteiger partial charge in [-0.3, -0.25) is 9.48 Å². The Hall–Kier alpha value is -1.76. The fourth-order valence-corrected chi connectivity index (χ4v) is 4.02. The van der Waals surface area contributed by atoms with Crippen molar-refractivity contribution in [1.29, 1.82) is 0 Å². The summed E-state index contributed by atoms with van der Waals surface area (Å²) in [5.41, 5.74) is 4.16. The third-order valence-electron chi connectivity index (χ3n) is 4.50. The molecule has 1 atom stereocenters. The molecule has 1 fully saturated rings. The molecule has 6 nitrogen and oxygen atoms in total. The zero-order chi connectivity index (χ0) is 15.9. The van der Waals surface area contributed by atoms with E-state index in [-0.39, 0.29) is 11.9 Å². The maximum Gasteiger partial charge on any atom is 0.268 e. The quantitative estimate of drug-likeness (QED) is 0.871. The molecule has 118 valence electrons. The predicted octanol–water partition coefficient (Wildman–Crippen LogP) is 2.43. The van der Waals surface area contributed by atoms with E-state index in [1.54, 1.807) is 0 Å². The Bertz CT molecular complexity index is 705. The van der Waals surface area contributed by atoms with Gasteiger partial charge in [0.05, 0.1) is 17.4 Å². The first-order chi connectivity index (χ1) is 10.5. The zero-order valence-electron chi connectivity index (χ0n) is 13.5. The molecule has 0 bridgehead atoms. The van der Waals surface area contributed by atoms with Crippen LogP contribution < -0.4 is 0 Å². The first-order valence-corrected chi connectivity index (χ1v) is 8.44. The van der Waals surface area contributed by atoms with Gasteiger partial charge in [-0.05, 0) is 44.6 Å². The van der Waals surface area contributed by atoms with E-state index in [1.165, 1.54) is 17.1 Å². The average molecular weight is 319 g/mol. The van der Waals surface area contributed by atoms with Crippen molar-refractivity contribution in [3.63, 3.8) is 0 Å². The zero-order valence-corrected chi connectivity index (χ0v) is 14.3. The summed E-state index contributed by atoms with van der Waals surface area (Å²) in [6.07, 6.45) is 2.76. The summed E-state index contributed by atoms with van der Waals surface area (Å²) in [5.74, 6) is 0.0667. The number of carbonyl (C=O) groups excluding carboxylic acids is 1. The smallest absolute Gasteiger partial charge is 0.268 e. The Morgan fingerprint density at radius 3 is 2.82 bits per heavy atom. The lowest BCUT2D eigenvalue weighted by atomic mass is 10.0. The lowest BCUT2D eigenvalue weighted by molar-refractivity contribution is 0.0738. The molecule has 0 aromatic carbocycles. The Morgan fingerprint density at radius 1 is 1.41 bits per heavy atom. The van der Waals surface area contributed by atoms with Crippen LogP contribution in [0.1, 0.15) is 58.1 Å². The molecule has 0 saturated carbocycles. The maximum atomic E-state index is 12.9. The second-order valence-electron chi connectivity index (χ2n) is 5.77. The molecule has 0 radical (unpaired) electrons. The van der Waals surface area contributed by atoms with E-state index in [0.29, 0.717) is 4.88 Å². The summed E-state index contributed by atoms with van der Waals surface area (Å²) in [7, 11) is 1.95. The van der Waals surface area contributed by atoms with Gasteiger partial charge in [-0.1, -0.05) is 11.4 Å². The first kappa shape index (κ1) is 15.1. The summed E-state index contributed by atoms with van der Waals surface area (Å²) in [6.45, 7) is 6.89. The second kappa shape index (κ2) is 5.79. The van der Waals surface area contributed by atoms with Gasteiger partial charge in [-0.15, -0.1) is 5.10 Å². The van der Waals surface area contributed by atoms with Crippen LogP contribution in [0.25, 0.3) is 0 Å². The van der Waals surface area contributed by atoms with Gasteiger partial charge in [0.15, 0.2) is 0 Å². The van der Waals surface area contributed by atoms with Crippen molar-refractivity contribution >= 4 is 17.4 Å². The Morgan fingerprint density at radius 2 is 2.18 bits per heavy atom. The van der Waals surface area contributed by atoms with Crippen molar-refractivity contribution < 1.29 is 4.79 Å². The molecule has 22 heavy (non-hydrogen) atoms. The molecule has 0 spiro atoms. The minimum Gasteiger partial charge on any atom is -0.331 e. The number of aryl methyl sites for hydroxylation is 3. The second-order valence-corrected chi connectivity index (χ2v) is 6.52. The largest absolute Gasteiger partial charge is 0.331 e. The summed E-state index contributed by atoms with van der Waals surface area (Å²) >= 11 is 1.21. The molecule has 2 aromatic rings. The molecule has 0 N–H and O–H groups in total. The summed E-state index contributed by atoms with van der Waals surface area (Å²) in [5, 5.41) is 8.57. The lowest BCUT2D eigenvalue weighted by Gasteiger charge is -2.25. The summed E-state index contributed by atoms with van der Waals surface area (Å²) < 4.78 is 5.85. The van der Waals surface area contributed by atoms with Crippen LogP contribution in [0.15, 0.2) is 0 Å². The molecule has 1 aliphatic rings. The molecule has 1 saturated heterocycles. The van der Waals surface area contributed by atoms with Crippen LogP contribution in [0.2, 0.25) is 0 Å². The van der Waals surface area contributed by atoms with Crippen molar-refractivity contribution in [2.75, 3.05) is 6.54 Å².